The van der Waals surface area contributed by atoms with Crippen LogP contribution < -0.4 is 10.9 Å². The van der Waals surface area contributed by atoms with E-state index >= 15 is 0 Å². The van der Waals surface area contributed by atoms with E-state index in [-0.39, 0.29) is 11.5 Å². The van der Waals surface area contributed by atoms with Gasteiger partial charge in [0.05, 0.1) is 5.69 Å². The zero-order chi connectivity index (χ0) is 21.0. The third-order valence-corrected chi connectivity index (χ3v) is 5.20. The van der Waals surface area contributed by atoms with E-state index < -0.39 is 0 Å². The van der Waals surface area contributed by atoms with Crippen LogP contribution in [0.2, 0.25) is 0 Å². The van der Waals surface area contributed by atoms with Crippen molar-refractivity contribution in [2.24, 2.45) is 0 Å². The van der Waals surface area contributed by atoms with Crippen molar-refractivity contribution in [3.8, 4) is 5.95 Å². The van der Waals surface area contributed by atoms with Gasteiger partial charge in [0, 0.05) is 29.9 Å². The standard InChI is InChI=1S/C22H27N5O2/c1-14-15(2)24-22(25-21(14)29)27-17(4)19(16(3)26-27)10-11-20(28)23-13-12-18-8-6-5-7-9-18/h5-9H,10-13H2,1-4H3,(H,23,28)(H,24,25,29). The number of benzene rings is 1. The maximum absolute atomic E-state index is 12.2. The molecule has 0 saturated heterocycles. The second-order valence-corrected chi connectivity index (χ2v) is 7.25. The molecule has 2 N–H and O–H groups in total. The molecule has 0 bridgehead atoms. The number of aryl methyl sites for hydroxylation is 2. The minimum Gasteiger partial charge on any atom is -0.356 e. The molecule has 3 aromatic rings. The van der Waals surface area contributed by atoms with Crippen molar-refractivity contribution < 1.29 is 4.79 Å². The van der Waals surface area contributed by atoms with Crippen LogP contribution in [0, 0.1) is 27.7 Å². The Morgan fingerprint density at radius 2 is 1.79 bits per heavy atom. The Bertz CT molecular complexity index is 1070. The Kier molecular flexibility index (Phi) is 6.26. The van der Waals surface area contributed by atoms with Crippen molar-refractivity contribution in [2.75, 3.05) is 6.54 Å². The molecule has 1 amide bonds. The van der Waals surface area contributed by atoms with Gasteiger partial charge in [-0.05, 0) is 51.7 Å². The molecule has 0 aliphatic heterocycles. The molecule has 29 heavy (non-hydrogen) atoms. The predicted octanol–water partition coefficient (Wildman–Crippen LogP) is 2.48. The fourth-order valence-electron chi connectivity index (χ4n) is 3.29. The van der Waals surface area contributed by atoms with Gasteiger partial charge in [0.2, 0.25) is 11.9 Å². The zero-order valence-corrected chi connectivity index (χ0v) is 17.4. The highest BCUT2D eigenvalue weighted by atomic mass is 16.1. The van der Waals surface area contributed by atoms with Crippen LogP contribution in [0.5, 0.6) is 0 Å². The number of nitrogens with zero attached hydrogens (tertiary/aromatic N) is 3. The van der Waals surface area contributed by atoms with Crippen molar-refractivity contribution in [3.05, 3.63) is 74.5 Å². The van der Waals surface area contributed by atoms with Gasteiger partial charge in [0.1, 0.15) is 0 Å². The molecule has 0 spiro atoms. The fraction of sp³-hybridized carbons (Fsp3) is 0.364. The molecule has 7 heteroatoms. The Hall–Kier alpha value is -3.22. The molecular formula is C22H27N5O2. The third kappa shape index (κ3) is 4.80. The number of amides is 1. The van der Waals surface area contributed by atoms with Gasteiger partial charge in [-0.1, -0.05) is 30.3 Å². The van der Waals surface area contributed by atoms with Gasteiger partial charge in [-0.2, -0.15) is 5.10 Å². The van der Waals surface area contributed by atoms with Crippen molar-refractivity contribution in [3.63, 3.8) is 0 Å². The van der Waals surface area contributed by atoms with E-state index in [0.717, 1.165) is 23.4 Å². The number of hydrogen-bond acceptors (Lipinski definition) is 4. The van der Waals surface area contributed by atoms with Crippen molar-refractivity contribution >= 4 is 5.91 Å². The number of aromatic nitrogens is 4. The maximum Gasteiger partial charge on any atom is 0.255 e. The molecule has 0 unspecified atom stereocenters. The molecule has 2 heterocycles. The van der Waals surface area contributed by atoms with E-state index in [9.17, 15) is 9.59 Å². The van der Waals surface area contributed by atoms with Crippen LogP contribution in [-0.4, -0.2) is 32.2 Å². The van der Waals surface area contributed by atoms with Crippen LogP contribution in [0.3, 0.4) is 0 Å². The summed E-state index contributed by atoms with van der Waals surface area (Å²) in [5.74, 6) is 0.419. The Morgan fingerprint density at radius 1 is 1.07 bits per heavy atom. The molecule has 0 atom stereocenters. The van der Waals surface area contributed by atoms with E-state index in [0.29, 0.717) is 36.6 Å². The molecule has 2 aromatic heterocycles. The van der Waals surface area contributed by atoms with Gasteiger partial charge >= 0.3 is 0 Å². The maximum atomic E-state index is 12.2. The molecule has 0 fully saturated rings. The fourth-order valence-corrected chi connectivity index (χ4v) is 3.29. The summed E-state index contributed by atoms with van der Waals surface area (Å²) in [5.41, 5.74) is 5.03. The van der Waals surface area contributed by atoms with Crippen LogP contribution in [-0.2, 0) is 17.6 Å². The monoisotopic (exact) mass is 393 g/mol. The lowest BCUT2D eigenvalue weighted by molar-refractivity contribution is -0.121. The summed E-state index contributed by atoms with van der Waals surface area (Å²) in [5, 5.41) is 7.50. The topological polar surface area (TPSA) is 92.7 Å². The average Bonchev–Trinajstić information content (AvgIpc) is 2.98. The summed E-state index contributed by atoms with van der Waals surface area (Å²) in [6.07, 6.45) is 1.79. The van der Waals surface area contributed by atoms with E-state index in [1.807, 2.05) is 32.0 Å². The first-order valence-corrected chi connectivity index (χ1v) is 9.80. The van der Waals surface area contributed by atoms with Crippen molar-refractivity contribution in [1.82, 2.24) is 25.1 Å². The second-order valence-electron chi connectivity index (χ2n) is 7.25. The summed E-state index contributed by atoms with van der Waals surface area (Å²) in [4.78, 5) is 31.5. The number of hydrogen-bond donors (Lipinski definition) is 2. The first-order valence-electron chi connectivity index (χ1n) is 9.80. The Balaban J connectivity index is 1.63. The highest BCUT2D eigenvalue weighted by molar-refractivity contribution is 5.76. The molecule has 0 aliphatic carbocycles. The molecular weight excluding hydrogens is 366 g/mol. The summed E-state index contributed by atoms with van der Waals surface area (Å²) in [7, 11) is 0. The van der Waals surface area contributed by atoms with Crippen LogP contribution in [0.1, 0.15) is 40.2 Å². The number of rotatable bonds is 7. The van der Waals surface area contributed by atoms with Gasteiger partial charge in [0.15, 0.2) is 0 Å². The van der Waals surface area contributed by atoms with Crippen LogP contribution >= 0.6 is 0 Å². The summed E-state index contributed by atoms with van der Waals surface area (Å²) in [6.45, 7) is 8.01. The number of aromatic amines is 1. The van der Waals surface area contributed by atoms with Gasteiger partial charge in [-0.15, -0.1) is 0 Å². The van der Waals surface area contributed by atoms with Gasteiger partial charge in [0.25, 0.3) is 5.56 Å². The van der Waals surface area contributed by atoms with E-state index in [2.05, 4.69) is 32.5 Å². The Morgan fingerprint density at radius 3 is 2.48 bits per heavy atom. The van der Waals surface area contributed by atoms with Crippen LogP contribution in [0.25, 0.3) is 5.95 Å². The largest absolute Gasteiger partial charge is 0.356 e. The third-order valence-electron chi connectivity index (χ3n) is 5.20. The number of nitrogens with one attached hydrogen (secondary N) is 2. The lowest BCUT2D eigenvalue weighted by Crippen LogP contribution is -2.26. The summed E-state index contributed by atoms with van der Waals surface area (Å²) in [6, 6.07) is 10.1. The zero-order valence-electron chi connectivity index (χ0n) is 17.4. The summed E-state index contributed by atoms with van der Waals surface area (Å²) >= 11 is 0. The average molecular weight is 393 g/mol. The lowest BCUT2D eigenvalue weighted by atomic mass is 10.1. The summed E-state index contributed by atoms with van der Waals surface area (Å²) < 4.78 is 1.64. The van der Waals surface area contributed by atoms with E-state index in [1.165, 1.54) is 5.56 Å². The molecule has 0 radical (unpaired) electrons. The number of H-pyrrole nitrogens is 1. The van der Waals surface area contributed by atoms with Crippen LogP contribution in [0.4, 0.5) is 0 Å². The molecule has 0 aliphatic rings. The molecule has 1 aromatic carbocycles. The Labute approximate surface area is 170 Å². The SMILES string of the molecule is Cc1nn(-c2nc(C)c(C)c(=O)[nH]2)c(C)c1CCC(=O)NCCc1ccccc1. The predicted molar refractivity (Wildman–Crippen MR) is 112 cm³/mol. The van der Waals surface area contributed by atoms with Gasteiger partial charge < -0.3 is 5.32 Å². The number of carbonyl (C=O) groups excluding carboxylic acids is 1. The smallest absolute Gasteiger partial charge is 0.255 e. The van der Waals surface area contributed by atoms with Gasteiger partial charge in [-0.25, -0.2) is 9.67 Å². The first-order chi connectivity index (χ1) is 13.9. The van der Waals surface area contributed by atoms with Gasteiger partial charge in [-0.3, -0.25) is 14.6 Å². The minimum atomic E-state index is -0.167. The first kappa shape index (κ1) is 20.5. The molecule has 0 saturated carbocycles. The van der Waals surface area contributed by atoms with E-state index in [4.69, 9.17) is 0 Å². The normalized spacial score (nSPS) is 10.9. The second kappa shape index (κ2) is 8.86. The molecule has 152 valence electrons. The molecule has 3 rings (SSSR count). The highest BCUT2D eigenvalue weighted by Crippen LogP contribution is 2.17. The minimum absolute atomic E-state index is 0.0187. The van der Waals surface area contributed by atoms with Crippen molar-refractivity contribution in [1.29, 1.82) is 0 Å². The van der Waals surface area contributed by atoms with Crippen LogP contribution in [0.15, 0.2) is 35.1 Å². The lowest BCUT2D eigenvalue weighted by Gasteiger charge is -2.07. The quantitative estimate of drug-likeness (QED) is 0.645. The van der Waals surface area contributed by atoms with Crippen molar-refractivity contribution in [2.45, 2.75) is 47.0 Å². The number of carbonyl (C=O) groups is 1. The highest BCUT2D eigenvalue weighted by Gasteiger charge is 2.16. The molecule has 7 nitrogen and oxygen atoms in total. The van der Waals surface area contributed by atoms with E-state index in [1.54, 1.807) is 18.5 Å².